The lowest BCUT2D eigenvalue weighted by atomic mass is 10.1. The average Bonchev–Trinajstić information content (AvgIpc) is 3.07. The maximum Gasteiger partial charge on any atom is 0.251 e. The van der Waals surface area contributed by atoms with Crippen LogP contribution in [0.5, 0.6) is 0 Å². The van der Waals surface area contributed by atoms with Gasteiger partial charge in [-0.05, 0) is 22.9 Å². The van der Waals surface area contributed by atoms with E-state index in [1.54, 1.807) is 17.6 Å². The number of nitrogens with zero attached hydrogens (tertiary/aromatic N) is 1. The summed E-state index contributed by atoms with van der Waals surface area (Å²) in [6.07, 6.45) is 1.83. The van der Waals surface area contributed by atoms with Crippen LogP contribution in [0.3, 0.4) is 0 Å². The van der Waals surface area contributed by atoms with Crippen molar-refractivity contribution in [3.8, 4) is 0 Å². The standard InChI is InChI=1S/C17H15N3O2S/c21-15(20-17-19-9-10-23-17)7-8-18-16(22)14-6-5-12-3-1-2-4-13(12)11-14/h1-6,9-11H,7-8H2,(H,18,22)(H,19,20,21). The first-order valence-corrected chi connectivity index (χ1v) is 8.07. The lowest BCUT2D eigenvalue weighted by molar-refractivity contribution is -0.116. The minimum Gasteiger partial charge on any atom is -0.352 e. The van der Waals surface area contributed by atoms with Gasteiger partial charge in [-0.25, -0.2) is 4.98 Å². The van der Waals surface area contributed by atoms with E-state index in [4.69, 9.17) is 0 Å². The van der Waals surface area contributed by atoms with Crippen molar-refractivity contribution in [2.45, 2.75) is 6.42 Å². The summed E-state index contributed by atoms with van der Waals surface area (Å²) in [6, 6.07) is 13.4. The number of thiazole rings is 1. The van der Waals surface area contributed by atoms with Crippen molar-refractivity contribution in [3.63, 3.8) is 0 Å². The molecule has 5 nitrogen and oxygen atoms in total. The quantitative estimate of drug-likeness (QED) is 0.757. The lowest BCUT2D eigenvalue weighted by Crippen LogP contribution is -2.27. The molecule has 0 radical (unpaired) electrons. The smallest absolute Gasteiger partial charge is 0.251 e. The highest BCUT2D eigenvalue weighted by molar-refractivity contribution is 7.13. The molecule has 0 atom stereocenters. The van der Waals surface area contributed by atoms with E-state index in [1.807, 2.05) is 36.4 Å². The van der Waals surface area contributed by atoms with Crippen molar-refractivity contribution >= 4 is 39.1 Å². The van der Waals surface area contributed by atoms with Crippen LogP contribution in [0.1, 0.15) is 16.8 Å². The maximum absolute atomic E-state index is 12.1. The van der Waals surface area contributed by atoms with E-state index >= 15 is 0 Å². The molecule has 0 spiro atoms. The van der Waals surface area contributed by atoms with Gasteiger partial charge in [0.2, 0.25) is 5.91 Å². The van der Waals surface area contributed by atoms with Crippen LogP contribution in [-0.4, -0.2) is 23.3 Å². The average molecular weight is 325 g/mol. The number of aromatic nitrogens is 1. The zero-order chi connectivity index (χ0) is 16.1. The van der Waals surface area contributed by atoms with Gasteiger partial charge in [0.25, 0.3) is 5.91 Å². The van der Waals surface area contributed by atoms with Crippen molar-refractivity contribution in [3.05, 3.63) is 59.6 Å². The summed E-state index contributed by atoms with van der Waals surface area (Å²) in [4.78, 5) is 27.8. The molecule has 23 heavy (non-hydrogen) atoms. The maximum atomic E-state index is 12.1. The largest absolute Gasteiger partial charge is 0.352 e. The molecule has 0 bridgehead atoms. The van der Waals surface area contributed by atoms with Crippen molar-refractivity contribution in [2.24, 2.45) is 0 Å². The summed E-state index contributed by atoms with van der Waals surface area (Å²) in [6.45, 7) is 0.281. The number of carbonyl (C=O) groups excluding carboxylic acids is 2. The predicted octanol–water partition coefficient (Wildman–Crippen LogP) is 3.05. The number of benzene rings is 2. The van der Waals surface area contributed by atoms with E-state index in [2.05, 4.69) is 15.6 Å². The fourth-order valence-electron chi connectivity index (χ4n) is 2.19. The molecule has 0 unspecified atom stereocenters. The number of nitrogens with one attached hydrogen (secondary N) is 2. The molecule has 0 aliphatic rings. The molecule has 2 N–H and O–H groups in total. The van der Waals surface area contributed by atoms with Crippen LogP contribution in [0.25, 0.3) is 10.8 Å². The summed E-state index contributed by atoms with van der Waals surface area (Å²) < 4.78 is 0. The predicted molar refractivity (Wildman–Crippen MR) is 91.6 cm³/mol. The van der Waals surface area contributed by atoms with Crippen LogP contribution >= 0.6 is 11.3 Å². The minimum absolute atomic E-state index is 0.168. The van der Waals surface area contributed by atoms with Gasteiger partial charge < -0.3 is 10.6 Å². The molecule has 116 valence electrons. The molecule has 0 aliphatic carbocycles. The monoisotopic (exact) mass is 325 g/mol. The van der Waals surface area contributed by atoms with Crippen LogP contribution in [0.15, 0.2) is 54.0 Å². The number of rotatable bonds is 5. The second-order valence-electron chi connectivity index (χ2n) is 4.95. The number of hydrogen-bond donors (Lipinski definition) is 2. The highest BCUT2D eigenvalue weighted by Crippen LogP contribution is 2.15. The molecule has 1 heterocycles. The SMILES string of the molecule is O=C(CCNC(=O)c1ccc2ccccc2c1)Nc1nccs1. The van der Waals surface area contributed by atoms with Gasteiger partial charge in [-0.2, -0.15) is 0 Å². The number of anilines is 1. The molecular weight excluding hydrogens is 310 g/mol. The highest BCUT2D eigenvalue weighted by Gasteiger charge is 2.08. The molecule has 3 aromatic rings. The molecular formula is C17H15N3O2S. The van der Waals surface area contributed by atoms with E-state index in [1.165, 1.54) is 11.3 Å². The minimum atomic E-state index is -0.183. The third-order valence-electron chi connectivity index (χ3n) is 3.33. The van der Waals surface area contributed by atoms with Gasteiger partial charge in [-0.15, -0.1) is 11.3 Å². The Bertz CT molecular complexity index is 831. The van der Waals surface area contributed by atoms with Crippen molar-refractivity contribution in [2.75, 3.05) is 11.9 Å². The van der Waals surface area contributed by atoms with Gasteiger partial charge in [-0.3, -0.25) is 9.59 Å². The van der Waals surface area contributed by atoms with Crippen LogP contribution in [0.2, 0.25) is 0 Å². The summed E-state index contributed by atoms with van der Waals surface area (Å²) in [5.41, 5.74) is 0.587. The van der Waals surface area contributed by atoms with Crippen LogP contribution in [0.4, 0.5) is 5.13 Å². The van der Waals surface area contributed by atoms with Crippen LogP contribution in [-0.2, 0) is 4.79 Å². The van der Waals surface area contributed by atoms with Gasteiger partial charge in [0, 0.05) is 30.1 Å². The molecule has 0 saturated carbocycles. The number of carbonyl (C=O) groups is 2. The van der Waals surface area contributed by atoms with Crippen molar-refractivity contribution in [1.82, 2.24) is 10.3 Å². The summed E-state index contributed by atoms with van der Waals surface area (Å²) in [5.74, 6) is -0.350. The Balaban J connectivity index is 1.53. The van der Waals surface area contributed by atoms with Crippen molar-refractivity contribution < 1.29 is 9.59 Å². The second kappa shape index (κ2) is 7.02. The van der Waals surface area contributed by atoms with Gasteiger partial charge in [0.15, 0.2) is 5.13 Å². The van der Waals surface area contributed by atoms with E-state index in [9.17, 15) is 9.59 Å². The Labute approximate surface area is 137 Å². The lowest BCUT2D eigenvalue weighted by Gasteiger charge is -2.06. The molecule has 0 saturated heterocycles. The Morgan fingerprint density at radius 1 is 1.09 bits per heavy atom. The Hall–Kier alpha value is -2.73. The second-order valence-corrected chi connectivity index (χ2v) is 5.85. The van der Waals surface area contributed by atoms with Gasteiger partial charge in [0.1, 0.15) is 0 Å². The zero-order valence-electron chi connectivity index (χ0n) is 12.3. The third-order valence-corrected chi connectivity index (χ3v) is 4.02. The molecule has 1 aromatic heterocycles. The molecule has 6 heteroatoms. The van der Waals surface area contributed by atoms with Crippen LogP contribution < -0.4 is 10.6 Å². The Kier molecular flexibility index (Phi) is 4.63. The van der Waals surface area contributed by atoms with Crippen LogP contribution in [0, 0.1) is 0 Å². The first kappa shape index (κ1) is 15.2. The highest BCUT2D eigenvalue weighted by atomic mass is 32.1. The topological polar surface area (TPSA) is 71.1 Å². The molecule has 0 fully saturated rings. The zero-order valence-corrected chi connectivity index (χ0v) is 13.1. The normalized spacial score (nSPS) is 10.4. The number of hydrogen-bond acceptors (Lipinski definition) is 4. The van der Waals surface area contributed by atoms with Gasteiger partial charge >= 0.3 is 0 Å². The first-order chi connectivity index (χ1) is 11.2. The number of fused-ring (bicyclic) bond motifs is 1. The molecule has 2 aromatic carbocycles. The summed E-state index contributed by atoms with van der Waals surface area (Å²) in [5, 5.41) is 9.89. The Morgan fingerprint density at radius 2 is 1.91 bits per heavy atom. The molecule has 0 aliphatic heterocycles. The van der Waals surface area contributed by atoms with Gasteiger partial charge in [-0.1, -0.05) is 30.3 Å². The van der Waals surface area contributed by atoms with E-state index < -0.39 is 0 Å². The molecule has 2 amide bonds. The number of amides is 2. The first-order valence-electron chi connectivity index (χ1n) is 7.19. The molecule has 3 rings (SSSR count). The summed E-state index contributed by atoms with van der Waals surface area (Å²) in [7, 11) is 0. The third kappa shape index (κ3) is 3.92. The fraction of sp³-hybridized carbons (Fsp3) is 0.118. The van der Waals surface area contributed by atoms with Gasteiger partial charge in [0.05, 0.1) is 0 Å². The van der Waals surface area contributed by atoms with E-state index in [-0.39, 0.29) is 24.8 Å². The van der Waals surface area contributed by atoms with Crippen molar-refractivity contribution in [1.29, 1.82) is 0 Å². The fourth-order valence-corrected chi connectivity index (χ4v) is 2.73. The van der Waals surface area contributed by atoms with E-state index in [0.29, 0.717) is 10.7 Å². The summed E-state index contributed by atoms with van der Waals surface area (Å²) >= 11 is 1.36. The van der Waals surface area contributed by atoms with E-state index in [0.717, 1.165) is 10.8 Å². The Morgan fingerprint density at radius 3 is 2.70 bits per heavy atom.